The van der Waals surface area contributed by atoms with E-state index in [2.05, 4.69) is 0 Å². The molecular weight excluding hydrogens is 297 g/mol. The van der Waals surface area contributed by atoms with E-state index in [-0.39, 0.29) is 12.4 Å². The Morgan fingerprint density at radius 1 is 0.909 bits per heavy atom. The molecule has 0 aliphatic carbocycles. The number of rotatable bonds is 4. The molecule has 1 N–H and O–H groups in total. The van der Waals surface area contributed by atoms with E-state index in [9.17, 15) is 18.3 Å². The summed E-state index contributed by atoms with van der Waals surface area (Å²) in [6.07, 6.45) is -4.50. The zero-order chi connectivity index (χ0) is 16.3. The fraction of sp³-hybridized carbons (Fsp3) is 0.250. The first kappa shape index (κ1) is 16.2. The van der Waals surface area contributed by atoms with Crippen molar-refractivity contribution in [2.24, 2.45) is 0 Å². The predicted octanol–water partition coefficient (Wildman–Crippen LogP) is 3.88. The van der Waals surface area contributed by atoms with Crippen molar-refractivity contribution in [3.63, 3.8) is 0 Å². The van der Waals surface area contributed by atoms with E-state index < -0.39 is 11.7 Å². The Balaban J connectivity index is 2.54. The second-order valence-electron chi connectivity index (χ2n) is 4.60. The first-order chi connectivity index (χ1) is 10.4. The molecule has 0 aliphatic heterocycles. The zero-order valence-corrected chi connectivity index (χ0v) is 12.1. The van der Waals surface area contributed by atoms with Crippen molar-refractivity contribution in [2.75, 3.05) is 14.2 Å². The van der Waals surface area contributed by atoms with Crippen LogP contribution >= 0.6 is 0 Å². The largest absolute Gasteiger partial charge is 0.496 e. The highest BCUT2D eigenvalue weighted by atomic mass is 19.4. The highest BCUT2D eigenvalue weighted by molar-refractivity contribution is 5.68. The minimum Gasteiger partial charge on any atom is -0.496 e. The first-order valence-electron chi connectivity index (χ1n) is 6.44. The van der Waals surface area contributed by atoms with Gasteiger partial charge in [-0.05, 0) is 29.3 Å². The number of alkyl halides is 3. The SMILES string of the molecule is COc1cc(-c2ccc(OC)c(C(F)(F)F)c2)ccc1CO. The summed E-state index contributed by atoms with van der Waals surface area (Å²) in [6.45, 7) is -0.208. The van der Waals surface area contributed by atoms with Gasteiger partial charge in [-0.1, -0.05) is 18.2 Å². The van der Waals surface area contributed by atoms with Crippen LogP contribution in [0.4, 0.5) is 13.2 Å². The Morgan fingerprint density at radius 3 is 2.05 bits per heavy atom. The quantitative estimate of drug-likeness (QED) is 0.931. The Bertz CT molecular complexity index is 666. The van der Waals surface area contributed by atoms with Crippen molar-refractivity contribution in [3.8, 4) is 22.6 Å². The maximum atomic E-state index is 13.1. The number of aliphatic hydroxyl groups excluding tert-OH is 1. The molecule has 0 radical (unpaired) electrons. The van der Waals surface area contributed by atoms with Crippen LogP contribution in [0.1, 0.15) is 11.1 Å². The van der Waals surface area contributed by atoms with Gasteiger partial charge in [0.05, 0.1) is 26.4 Å². The molecule has 2 rings (SSSR count). The molecule has 0 saturated heterocycles. The maximum Gasteiger partial charge on any atom is 0.419 e. The van der Waals surface area contributed by atoms with Gasteiger partial charge in [0.2, 0.25) is 0 Å². The summed E-state index contributed by atoms with van der Waals surface area (Å²) in [5.74, 6) is 0.194. The van der Waals surface area contributed by atoms with Crippen molar-refractivity contribution in [1.29, 1.82) is 0 Å². The van der Waals surface area contributed by atoms with Crippen LogP contribution in [-0.2, 0) is 12.8 Å². The third-order valence-corrected chi connectivity index (χ3v) is 3.30. The molecule has 0 spiro atoms. The molecule has 2 aromatic carbocycles. The van der Waals surface area contributed by atoms with Crippen molar-refractivity contribution < 1.29 is 27.8 Å². The first-order valence-corrected chi connectivity index (χ1v) is 6.44. The molecule has 22 heavy (non-hydrogen) atoms. The van der Waals surface area contributed by atoms with Crippen LogP contribution in [-0.4, -0.2) is 19.3 Å². The van der Waals surface area contributed by atoms with Gasteiger partial charge in [0, 0.05) is 5.56 Å². The van der Waals surface area contributed by atoms with Crippen LogP contribution in [0.3, 0.4) is 0 Å². The molecular formula is C16H15F3O3. The third-order valence-electron chi connectivity index (χ3n) is 3.30. The molecule has 0 atom stereocenters. The summed E-state index contributed by atoms with van der Waals surface area (Å²) < 4.78 is 49.1. The van der Waals surface area contributed by atoms with Gasteiger partial charge in [-0.25, -0.2) is 0 Å². The predicted molar refractivity (Wildman–Crippen MR) is 75.9 cm³/mol. The van der Waals surface area contributed by atoms with Gasteiger partial charge < -0.3 is 14.6 Å². The number of ether oxygens (including phenoxy) is 2. The number of methoxy groups -OCH3 is 2. The molecule has 0 aromatic heterocycles. The van der Waals surface area contributed by atoms with E-state index in [1.807, 2.05) is 0 Å². The molecule has 118 valence electrons. The summed E-state index contributed by atoms with van der Waals surface area (Å²) in [4.78, 5) is 0. The fourth-order valence-corrected chi connectivity index (χ4v) is 2.16. The Kier molecular flexibility index (Phi) is 4.61. The molecule has 0 bridgehead atoms. The Labute approximate surface area is 125 Å². The van der Waals surface area contributed by atoms with Crippen LogP contribution in [0.2, 0.25) is 0 Å². The van der Waals surface area contributed by atoms with Gasteiger partial charge in [0.25, 0.3) is 0 Å². The lowest BCUT2D eigenvalue weighted by atomic mass is 10.0. The summed E-state index contributed by atoms with van der Waals surface area (Å²) >= 11 is 0. The fourth-order valence-electron chi connectivity index (χ4n) is 2.16. The van der Waals surface area contributed by atoms with Crippen LogP contribution < -0.4 is 9.47 Å². The number of halogens is 3. The molecule has 0 fully saturated rings. The van der Waals surface area contributed by atoms with E-state index >= 15 is 0 Å². The highest BCUT2D eigenvalue weighted by Crippen LogP contribution is 2.39. The molecule has 3 nitrogen and oxygen atoms in total. The Morgan fingerprint density at radius 2 is 1.50 bits per heavy atom. The summed E-state index contributed by atoms with van der Waals surface area (Å²) in [5.41, 5.74) is 0.673. The standard InChI is InChI=1S/C16H15F3O3/c1-21-14-6-5-10(7-13(14)16(17,18)19)11-3-4-12(9-20)15(8-11)22-2/h3-8,20H,9H2,1-2H3. The number of hydrogen-bond donors (Lipinski definition) is 1. The second kappa shape index (κ2) is 6.27. The summed E-state index contributed by atoms with van der Waals surface area (Å²) in [7, 11) is 2.64. The topological polar surface area (TPSA) is 38.7 Å². The second-order valence-corrected chi connectivity index (χ2v) is 4.60. The third kappa shape index (κ3) is 3.17. The minimum atomic E-state index is -4.50. The van der Waals surface area contributed by atoms with Crippen LogP contribution in [0.25, 0.3) is 11.1 Å². The molecule has 6 heteroatoms. The lowest BCUT2D eigenvalue weighted by molar-refractivity contribution is -0.138. The molecule has 0 unspecified atom stereocenters. The minimum absolute atomic E-state index is 0.208. The van der Waals surface area contributed by atoms with Crippen LogP contribution in [0.15, 0.2) is 36.4 Å². The number of benzene rings is 2. The van der Waals surface area contributed by atoms with Gasteiger partial charge in [0.15, 0.2) is 0 Å². The molecule has 0 aliphatic rings. The van der Waals surface area contributed by atoms with Gasteiger partial charge in [-0.15, -0.1) is 0 Å². The zero-order valence-electron chi connectivity index (χ0n) is 12.1. The monoisotopic (exact) mass is 312 g/mol. The molecule has 2 aromatic rings. The van der Waals surface area contributed by atoms with Crippen molar-refractivity contribution in [1.82, 2.24) is 0 Å². The van der Waals surface area contributed by atoms with E-state index in [1.54, 1.807) is 24.3 Å². The van der Waals surface area contributed by atoms with Crippen molar-refractivity contribution >= 4 is 0 Å². The van der Waals surface area contributed by atoms with Crippen LogP contribution in [0, 0.1) is 0 Å². The average Bonchev–Trinajstić information content (AvgIpc) is 2.52. The van der Waals surface area contributed by atoms with E-state index in [1.165, 1.54) is 20.3 Å². The smallest absolute Gasteiger partial charge is 0.419 e. The summed E-state index contributed by atoms with van der Waals surface area (Å²) in [5, 5.41) is 9.18. The Hall–Kier alpha value is -2.21. The van der Waals surface area contributed by atoms with E-state index in [0.29, 0.717) is 22.4 Å². The lowest BCUT2D eigenvalue weighted by Crippen LogP contribution is -2.07. The van der Waals surface area contributed by atoms with E-state index in [4.69, 9.17) is 9.47 Å². The maximum absolute atomic E-state index is 13.1. The average molecular weight is 312 g/mol. The highest BCUT2D eigenvalue weighted by Gasteiger charge is 2.34. The molecule has 0 heterocycles. The number of hydrogen-bond acceptors (Lipinski definition) is 3. The lowest BCUT2D eigenvalue weighted by Gasteiger charge is -2.14. The molecule has 0 saturated carbocycles. The normalized spacial score (nSPS) is 11.4. The van der Waals surface area contributed by atoms with E-state index in [0.717, 1.165) is 6.07 Å². The van der Waals surface area contributed by atoms with Gasteiger partial charge >= 0.3 is 6.18 Å². The van der Waals surface area contributed by atoms with Crippen LogP contribution in [0.5, 0.6) is 11.5 Å². The summed E-state index contributed by atoms with van der Waals surface area (Å²) in [6, 6.07) is 8.70. The van der Waals surface area contributed by atoms with Gasteiger partial charge in [-0.3, -0.25) is 0 Å². The van der Waals surface area contributed by atoms with Gasteiger partial charge in [0.1, 0.15) is 11.5 Å². The molecule has 0 amide bonds. The number of aliphatic hydroxyl groups is 1. The van der Waals surface area contributed by atoms with Crippen molar-refractivity contribution in [2.45, 2.75) is 12.8 Å². The van der Waals surface area contributed by atoms with Crippen molar-refractivity contribution in [3.05, 3.63) is 47.5 Å². The van der Waals surface area contributed by atoms with Gasteiger partial charge in [-0.2, -0.15) is 13.2 Å².